The number of carbonyl (C=O) groups is 2. The zero-order valence-electron chi connectivity index (χ0n) is 12.0. The second-order valence-electron chi connectivity index (χ2n) is 5.71. The summed E-state index contributed by atoms with van der Waals surface area (Å²) in [5.41, 5.74) is 3.24. The molecule has 2 atom stereocenters. The predicted octanol–water partition coefficient (Wildman–Crippen LogP) is 1.91. The normalized spacial score (nSPS) is 24.7. The van der Waals surface area contributed by atoms with E-state index in [0.717, 1.165) is 24.1 Å². The second-order valence-corrected chi connectivity index (χ2v) is 5.71. The van der Waals surface area contributed by atoms with Crippen LogP contribution in [0.15, 0.2) is 18.2 Å². The first-order chi connectivity index (χ1) is 10.1. The smallest absolute Gasteiger partial charge is 0.332 e. The van der Waals surface area contributed by atoms with Gasteiger partial charge in [0.25, 0.3) is 5.91 Å². The standard InChI is InChI=1S/C16H19NO4/c1-10-4-2-5-11-6-3-9-17(14(10)11)15(18)12-7-8-13(21-12)16(19)20/h2,4-5,12-13H,3,6-9H2,1H3,(H,19,20)/t12-,13+/m0/s1. The summed E-state index contributed by atoms with van der Waals surface area (Å²) in [6, 6.07) is 6.06. The van der Waals surface area contributed by atoms with Gasteiger partial charge >= 0.3 is 5.97 Å². The molecule has 2 aliphatic rings. The fraction of sp³-hybridized carbons (Fsp3) is 0.500. The number of fused-ring (bicyclic) bond motifs is 1. The van der Waals surface area contributed by atoms with E-state index in [0.29, 0.717) is 19.4 Å². The first-order valence-corrected chi connectivity index (χ1v) is 7.36. The maximum Gasteiger partial charge on any atom is 0.332 e. The molecule has 0 radical (unpaired) electrons. The van der Waals surface area contributed by atoms with Gasteiger partial charge < -0.3 is 14.7 Å². The number of para-hydroxylation sites is 1. The molecule has 5 nitrogen and oxygen atoms in total. The summed E-state index contributed by atoms with van der Waals surface area (Å²) >= 11 is 0. The third-order valence-electron chi connectivity index (χ3n) is 4.26. The van der Waals surface area contributed by atoms with Crippen LogP contribution in [-0.4, -0.2) is 35.7 Å². The molecule has 0 saturated carbocycles. The molecule has 0 aromatic heterocycles. The molecule has 112 valence electrons. The van der Waals surface area contributed by atoms with Crippen LogP contribution in [0, 0.1) is 6.92 Å². The van der Waals surface area contributed by atoms with Crippen molar-refractivity contribution in [3.63, 3.8) is 0 Å². The predicted molar refractivity (Wildman–Crippen MR) is 77.4 cm³/mol. The number of aryl methyl sites for hydroxylation is 2. The fourth-order valence-corrected chi connectivity index (χ4v) is 3.24. The lowest BCUT2D eigenvalue weighted by Crippen LogP contribution is -2.43. The number of carbonyl (C=O) groups excluding carboxylic acids is 1. The average molecular weight is 289 g/mol. The van der Waals surface area contributed by atoms with Crippen molar-refractivity contribution >= 4 is 17.6 Å². The van der Waals surface area contributed by atoms with Crippen LogP contribution in [0.3, 0.4) is 0 Å². The first kappa shape index (κ1) is 14.1. The van der Waals surface area contributed by atoms with Crippen LogP contribution in [0.25, 0.3) is 0 Å². The summed E-state index contributed by atoms with van der Waals surface area (Å²) < 4.78 is 5.40. The van der Waals surface area contributed by atoms with Crippen LogP contribution < -0.4 is 4.90 Å². The molecule has 1 aromatic rings. The summed E-state index contributed by atoms with van der Waals surface area (Å²) in [5, 5.41) is 8.98. The highest BCUT2D eigenvalue weighted by Gasteiger charge is 2.38. The molecule has 0 unspecified atom stereocenters. The lowest BCUT2D eigenvalue weighted by molar-refractivity contribution is -0.151. The Labute approximate surface area is 123 Å². The number of aliphatic carboxylic acids is 1. The molecule has 0 spiro atoms. The number of nitrogens with zero attached hydrogens (tertiary/aromatic N) is 1. The van der Waals surface area contributed by atoms with E-state index in [1.165, 1.54) is 5.56 Å². The number of carboxylic acids is 1. The van der Waals surface area contributed by atoms with Crippen LogP contribution in [0.4, 0.5) is 5.69 Å². The molecule has 1 fully saturated rings. The number of amides is 1. The number of carboxylic acid groups (broad SMARTS) is 1. The van der Waals surface area contributed by atoms with E-state index in [1.807, 2.05) is 19.1 Å². The van der Waals surface area contributed by atoms with Gasteiger partial charge in [0.2, 0.25) is 0 Å². The van der Waals surface area contributed by atoms with Crippen LogP contribution in [0.2, 0.25) is 0 Å². The zero-order chi connectivity index (χ0) is 15.0. The average Bonchev–Trinajstić information content (AvgIpc) is 2.96. The Kier molecular flexibility index (Phi) is 3.68. The maximum absolute atomic E-state index is 12.7. The van der Waals surface area contributed by atoms with Gasteiger partial charge in [-0.15, -0.1) is 0 Å². The number of rotatable bonds is 2. The minimum atomic E-state index is -0.986. The second kappa shape index (κ2) is 5.48. The number of benzene rings is 1. The molecule has 3 rings (SSSR count). The Hall–Kier alpha value is -1.88. The van der Waals surface area contributed by atoms with Gasteiger partial charge in [-0.3, -0.25) is 4.79 Å². The highest BCUT2D eigenvalue weighted by molar-refractivity contribution is 5.98. The van der Waals surface area contributed by atoms with E-state index in [9.17, 15) is 9.59 Å². The Morgan fingerprint density at radius 1 is 1.29 bits per heavy atom. The van der Waals surface area contributed by atoms with Gasteiger partial charge in [0.1, 0.15) is 6.10 Å². The molecule has 1 amide bonds. The number of anilines is 1. The summed E-state index contributed by atoms with van der Waals surface area (Å²) in [6.07, 6.45) is 1.31. The van der Waals surface area contributed by atoms with Crippen LogP contribution in [0.1, 0.15) is 30.4 Å². The molecule has 1 aromatic carbocycles. The third-order valence-corrected chi connectivity index (χ3v) is 4.26. The van der Waals surface area contributed by atoms with Gasteiger partial charge in [-0.1, -0.05) is 18.2 Å². The summed E-state index contributed by atoms with van der Waals surface area (Å²) in [7, 11) is 0. The van der Waals surface area contributed by atoms with E-state index in [4.69, 9.17) is 9.84 Å². The van der Waals surface area contributed by atoms with Crippen molar-refractivity contribution in [1.82, 2.24) is 0 Å². The van der Waals surface area contributed by atoms with Crippen LogP contribution in [0.5, 0.6) is 0 Å². The van der Waals surface area contributed by atoms with Gasteiger partial charge in [0, 0.05) is 12.2 Å². The number of ether oxygens (including phenoxy) is 1. The molecule has 0 bridgehead atoms. The van der Waals surface area contributed by atoms with Crippen molar-refractivity contribution in [2.75, 3.05) is 11.4 Å². The number of hydrogen-bond acceptors (Lipinski definition) is 3. The summed E-state index contributed by atoms with van der Waals surface area (Å²) in [6.45, 7) is 2.67. The highest BCUT2D eigenvalue weighted by atomic mass is 16.5. The lowest BCUT2D eigenvalue weighted by atomic mass is 9.97. The topological polar surface area (TPSA) is 66.8 Å². The van der Waals surface area contributed by atoms with E-state index < -0.39 is 18.2 Å². The zero-order valence-corrected chi connectivity index (χ0v) is 12.0. The third kappa shape index (κ3) is 2.53. The molecule has 21 heavy (non-hydrogen) atoms. The van der Waals surface area contributed by atoms with Gasteiger partial charge in [-0.25, -0.2) is 4.79 Å². The van der Waals surface area contributed by atoms with Gasteiger partial charge in [-0.05, 0) is 43.7 Å². The lowest BCUT2D eigenvalue weighted by Gasteiger charge is -2.32. The monoisotopic (exact) mass is 289 g/mol. The highest BCUT2D eigenvalue weighted by Crippen LogP contribution is 2.32. The van der Waals surface area contributed by atoms with Crippen molar-refractivity contribution in [2.45, 2.75) is 44.8 Å². The molecular formula is C16H19NO4. The molecule has 2 aliphatic heterocycles. The maximum atomic E-state index is 12.7. The van der Waals surface area contributed by atoms with E-state index in [1.54, 1.807) is 4.90 Å². The minimum absolute atomic E-state index is 0.103. The van der Waals surface area contributed by atoms with Crippen molar-refractivity contribution in [3.05, 3.63) is 29.3 Å². The SMILES string of the molecule is Cc1cccc2c1N(C(=O)[C@@H]1CC[C@H](C(=O)O)O1)CCC2. The largest absolute Gasteiger partial charge is 0.479 e. The first-order valence-electron chi connectivity index (χ1n) is 7.36. The summed E-state index contributed by atoms with van der Waals surface area (Å²) in [5.74, 6) is -1.09. The van der Waals surface area contributed by atoms with Crippen molar-refractivity contribution in [1.29, 1.82) is 0 Å². The quantitative estimate of drug-likeness (QED) is 0.903. The van der Waals surface area contributed by atoms with Crippen molar-refractivity contribution in [3.8, 4) is 0 Å². The van der Waals surface area contributed by atoms with Gasteiger partial charge in [-0.2, -0.15) is 0 Å². The molecule has 1 saturated heterocycles. The molecule has 1 N–H and O–H groups in total. The Bertz CT molecular complexity index is 584. The molecular weight excluding hydrogens is 270 g/mol. The van der Waals surface area contributed by atoms with E-state index >= 15 is 0 Å². The Morgan fingerprint density at radius 3 is 2.76 bits per heavy atom. The van der Waals surface area contributed by atoms with E-state index in [2.05, 4.69) is 6.07 Å². The van der Waals surface area contributed by atoms with Gasteiger partial charge in [0.05, 0.1) is 0 Å². The van der Waals surface area contributed by atoms with Crippen molar-refractivity contribution < 1.29 is 19.4 Å². The van der Waals surface area contributed by atoms with Gasteiger partial charge in [0.15, 0.2) is 6.10 Å². The Balaban J connectivity index is 1.83. The fourth-order valence-electron chi connectivity index (χ4n) is 3.24. The number of hydrogen-bond donors (Lipinski definition) is 1. The minimum Gasteiger partial charge on any atom is -0.479 e. The molecule has 0 aliphatic carbocycles. The molecule has 2 heterocycles. The van der Waals surface area contributed by atoms with Crippen LogP contribution >= 0.6 is 0 Å². The van der Waals surface area contributed by atoms with Crippen molar-refractivity contribution in [2.24, 2.45) is 0 Å². The van der Waals surface area contributed by atoms with Crippen LogP contribution in [-0.2, 0) is 20.7 Å². The summed E-state index contributed by atoms with van der Waals surface area (Å²) in [4.78, 5) is 25.4. The van der Waals surface area contributed by atoms with E-state index in [-0.39, 0.29) is 5.91 Å². The molecule has 5 heteroatoms. The Morgan fingerprint density at radius 2 is 2.05 bits per heavy atom.